The number of nitrogens with one attached hydrogen (secondary N) is 1. The first kappa shape index (κ1) is 17.2. The number of hydrogen-bond acceptors (Lipinski definition) is 4. The van der Waals surface area contributed by atoms with Crippen LogP contribution < -0.4 is 5.32 Å². The van der Waals surface area contributed by atoms with Crippen LogP contribution in [0.1, 0.15) is 29.7 Å². The molecule has 0 saturated heterocycles. The fourth-order valence-electron chi connectivity index (χ4n) is 2.46. The van der Waals surface area contributed by atoms with Crippen LogP contribution in [0.3, 0.4) is 0 Å². The van der Waals surface area contributed by atoms with Gasteiger partial charge in [-0.3, -0.25) is 9.48 Å². The highest BCUT2D eigenvalue weighted by molar-refractivity contribution is 5.76. The van der Waals surface area contributed by atoms with Crippen LogP contribution in [0, 0.1) is 0 Å². The minimum atomic E-state index is -0.785. The van der Waals surface area contributed by atoms with Crippen molar-refractivity contribution in [1.82, 2.24) is 20.0 Å². The largest absolute Gasteiger partial charge is 0.388 e. The van der Waals surface area contributed by atoms with Crippen molar-refractivity contribution in [2.75, 3.05) is 20.6 Å². The van der Waals surface area contributed by atoms with Crippen molar-refractivity contribution >= 4 is 5.91 Å². The van der Waals surface area contributed by atoms with E-state index in [0.717, 1.165) is 11.1 Å². The summed E-state index contributed by atoms with van der Waals surface area (Å²) in [5.41, 5.74) is 1.79. The van der Waals surface area contributed by atoms with E-state index in [1.807, 2.05) is 62.6 Å². The summed E-state index contributed by atoms with van der Waals surface area (Å²) in [4.78, 5) is 14.1. The quantitative estimate of drug-likeness (QED) is 0.807. The topological polar surface area (TPSA) is 70.4 Å². The van der Waals surface area contributed by atoms with E-state index in [-0.39, 0.29) is 18.4 Å². The lowest BCUT2D eigenvalue weighted by Crippen LogP contribution is -2.35. The number of aryl methyl sites for hydroxylation is 1. The Hall–Kier alpha value is -2.18. The molecule has 0 aliphatic rings. The highest BCUT2D eigenvalue weighted by Gasteiger charge is 2.18. The molecular formula is C17H24N4O2. The number of amides is 1. The van der Waals surface area contributed by atoms with Crippen LogP contribution in [-0.4, -0.2) is 46.3 Å². The molecule has 2 N–H and O–H groups in total. The minimum absolute atomic E-state index is 0.0431. The average molecular weight is 316 g/mol. The van der Waals surface area contributed by atoms with E-state index in [1.165, 1.54) is 0 Å². The monoisotopic (exact) mass is 316 g/mol. The van der Waals surface area contributed by atoms with Crippen LogP contribution in [0.4, 0.5) is 0 Å². The number of carbonyl (C=O) groups excluding carboxylic acids is 1. The molecule has 2 atom stereocenters. The zero-order valence-corrected chi connectivity index (χ0v) is 13.8. The molecule has 0 bridgehead atoms. The number of likely N-dealkylation sites (N-methyl/N-ethyl adjacent to an activating group) is 1. The van der Waals surface area contributed by atoms with E-state index in [2.05, 4.69) is 10.4 Å². The van der Waals surface area contributed by atoms with Gasteiger partial charge >= 0.3 is 0 Å². The number of aromatic nitrogens is 2. The van der Waals surface area contributed by atoms with Gasteiger partial charge in [0.25, 0.3) is 0 Å². The number of benzene rings is 1. The second kappa shape index (κ2) is 7.89. The van der Waals surface area contributed by atoms with Crippen molar-refractivity contribution in [3.8, 4) is 0 Å². The van der Waals surface area contributed by atoms with Gasteiger partial charge in [0.2, 0.25) is 5.91 Å². The molecule has 0 fully saturated rings. The molecule has 1 amide bonds. The van der Waals surface area contributed by atoms with Gasteiger partial charge in [-0.1, -0.05) is 30.3 Å². The van der Waals surface area contributed by atoms with Crippen molar-refractivity contribution in [3.05, 3.63) is 53.9 Å². The van der Waals surface area contributed by atoms with Gasteiger partial charge in [-0.2, -0.15) is 5.10 Å². The molecule has 0 aliphatic carbocycles. The van der Waals surface area contributed by atoms with Gasteiger partial charge in [-0.15, -0.1) is 0 Å². The van der Waals surface area contributed by atoms with E-state index in [0.29, 0.717) is 6.54 Å². The molecule has 2 aromatic rings. The van der Waals surface area contributed by atoms with Crippen molar-refractivity contribution in [2.24, 2.45) is 7.05 Å². The van der Waals surface area contributed by atoms with Crippen molar-refractivity contribution < 1.29 is 9.90 Å². The van der Waals surface area contributed by atoms with Gasteiger partial charge in [-0.05, 0) is 19.7 Å². The summed E-state index contributed by atoms with van der Waals surface area (Å²) in [5.74, 6) is -0.169. The summed E-state index contributed by atoms with van der Waals surface area (Å²) in [5, 5.41) is 17.2. The standard InChI is InChI=1S/C17H24N4O2/c1-20(2)15(14-10-19-21(3)12-14)11-18-17(23)9-16(22)13-7-5-4-6-8-13/h4-8,10,12,15-16,22H,9,11H2,1-3H3,(H,18,23). The number of hydrogen-bond donors (Lipinski definition) is 2. The number of rotatable bonds is 7. The Balaban J connectivity index is 1.89. The van der Waals surface area contributed by atoms with Crippen molar-refractivity contribution in [2.45, 2.75) is 18.6 Å². The SMILES string of the molecule is CN(C)C(CNC(=O)CC(O)c1ccccc1)c1cnn(C)c1. The maximum atomic E-state index is 12.1. The molecule has 0 spiro atoms. The molecule has 23 heavy (non-hydrogen) atoms. The van der Waals surface area contributed by atoms with E-state index in [9.17, 15) is 9.90 Å². The fourth-order valence-corrected chi connectivity index (χ4v) is 2.46. The summed E-state index contributed by atoms with van der Waals surface area (Å²) in [6.45, 7) is 0.471. The highest BCUT2D eigenvalue weighted by Crippen LogP contribution is 2.18. The average Bonchev–Trinajstić information content (AvgIpc) is 2.94. The first-order valence-electron chi connectivity index (χ1n) is 7.62. The molecule has 124 valence electrons. The Morgan fingerprint density at radius 3 is 2.57 bits per heavy atom. The van der Waals surface area contributed by atoms with Crippen LogP contribution in [-0.2, 0) is 11.8 Å². The van der Waals surface area contributed by atoms with E-state index in [1.54, 1.807) is 10.9 Å². The zero-order valence-electron chi connectivity index (χ0n) is 13.8. The molecule has 0 saturated carbocycles. The fraction of sp³-hybridized carbons (Fsp3) is 0.412. The smallest absolute Gasteiger partial charge is 0.223 e. The van der Waals surface area contributed by atoms with Gasteiger partial charge in [-0.25, -0.2) is 0 Å². The molecule has 1 heterocycles. The Morgan fingerprint density at radius 2 is 2.00 bits per heavy atom. The van der Waals surface area contributed by atoms with Crippen molar-refractivity contribution in [1.29, 1.82) is 0 Å². The predicted octanol–water partition coefficient (Wildman–Crippen LogP) is 1.26. The van der Waals surface area contributed by atoms with Gasteiger partial charge < -0.3 is 15.3 Å². The Labute approximate surface area is 136 Å². The second-order valence-corrected chi connectivity index (χ2v) is 5.86. The summed E-state index contributed by atoms with van der Waals surface area (Å²) in [7, 11) is 5.79. The first-order valence-corrected chi connectivity index (χ1v) is 7.62. The van der Waals surface area contributed by atoms with E-state index >= 15 is 0 Å². The zero-order chi connectivity index (χ0) is 16.8. The van der Waals surface area contributed by atoms with E-state index < -0.39 is 6.10 Å². The number of nitrogens with zero attached hydrogens (tertiary/aromatic N) is 3. The Morgan fingerprint density at radius 1 is 1.30 bits per heavy atom. The van der Waals surface area contributed by atoms with Crippen molar-refractivity contribution in [3.63, 3.8) is 0 Å². The predicted molar refractivity (Wildman–Crippen MR) is 88.7 cm³/mol. The molecule has 2 unspecified atom stereocenters. The van der Waals surface area contributed by atoms with Crippen LogP contribution >= 0.6 is 0 Å². The summed E-state index contributed by atoms with van der Waals surface area (Å²) < 4.78 is 1.74. The van der Waals surface area contributed by atoms with Crippen LogP contribution in [0.5, 0.6) is 0 Å². The highest BCUT2D eigenvalue weighted by atomic mass is 16.3. The van der Waals surface area contributed by atoms with Crippen LogP contribution in [0.25, 0.3) is 0 Å². The van der Waals surface area contributed by atoms with Crippen LogP contribution in [0.2, 0.25) is 0 Å². The molecule has 6 nitrogen and oxygen atoms in total. The lowest BCUT2D eigenvalue weighted by atomic mass is 10.1. The molecule has 1 aromatic carbocycles. The summed E-state index contributed by atoms with van der Waals surface area (Å²) in [6.07, 6.45) is 3.01. The van der Waals surface area contributed by atoms with Gasteiger partial charge in [0, 0.05) is 25.4 Å². The molecule has 6 heteroatoms. The summed E-state index contributed by atoms with van der Waals surface area (Å²) >= 11 is 0. The maximum absolute atomic E-state index is 12.1. The van der Waals surface area contributed by atoms with Gasteiger partial charge in [0.05, 0.1) is 24.8 Å². The lowest BCUT2D eigenvalue weighted by Gasteiger charge is -2.23. The number of aliphatic hydroxyl groups excluding tert-OH is 1. The van der Waals surface area contributed by atoms with E-state index in [4.69, 9.17) is 0 Å². The Kier molecular flexibility index (Phi) is 5.90. The van der Waals surface area contributed by atoms with Gasteiger partial charge in [0.15, 0.2) is 0 Å². The summed E-state index contributed by atoms with van der Waals surface area (Å²) in [6, 6.07) is 9.25. The third-order valence-electron chi connectivity index (χ3n) is 3.79. The number of carbonyl (C=O) groups is 1. The molecule has 0 radical (unpaired) electrons. The molecular weight excluding hydrogens is 292 g/mol. The molecule has 0 aliphatic heterocycles. The Bertz CT molecular complexity index is 625. The lowest BCUT2D eigenvalue weighted by molar-refractivity contribution is -0.123. The maximum Gasteiger partial charge on any atom is 0.223 e. The first-order chi connectivity index (χ1) is 11.0. The molecule has 1 aromatic heterocycles. The third kappa shape index (κ3) is 4.91. The number of aliphatic hydroxyl groups is 1. The molecule has 2 rings (SSSR count). The van der Waals surface area contributed by atoms with Gasteiger partial charge in [0.1, 0.15) is 0 Å². The normalized spacial score (nSPS) is 13.8. The third-order valence-corrected chi connectivity index (χ3v) is 3.79. The second-order valence-electron chi connectivity index (χ2n) is 5.86. The minimum Gasteiger partial charge on any atom is -0.388 e. The van der Waals surface area contributed by atoms with Crippen LogP contribution in [0.15, 0.2) is 42.7 Å².